The highest BCUT2D eigenvalue weighted by atomic mass is 16.2. The van der Waals surface area contributed by atoms with Crippen molar-refractivity contribution < 1.29 is 4.79 Å². The molecule has 1 aromatic carbocycles. The van der Waals surface area contributed by atoms with Crippen LogP contribution in [0.2, 0.25) is 0 Å². The Bertz CT molecular complexity index is 440. The molecule has 0 radical (unpaired) electrons. The van der Waals surface area contributed by atoms with E-state index in [0.717, 1.165) is 31.6 Å². The Kier molecular flexibility index (Phi) is 3.56. The molecule has 3 heteroatoms. The third-order valence-corrected chi connectivity index (χ3v) is 4.50. The largest absolute Gasteiger partial charge is 0.337 e. The maximum Gasteiger partial charge on any atom is 0.253 e. The minimum Gasteiger partial charge on any atom is -0.337 e. The SMILES string of the molecule is CCc1ccc(C(=O)N2CC3CCCNC3C2)cc1. The number of carbonyl (C=O) groups excluding carboxylic acids is 1. The van der Waals surface area contributed by atoms with Crippen molar-refractivity contribution in [2.75, 3.05) is 19.6 Å². The molecule has 2 saturated heterocycles. The van der Waals surface area contributed by atoms with Crippen molar-refractivity contribution >= 4 is 5.91 Å². The van der Waals surface area contributed by atoms with Gasteiger partial charge in [-0.1, -0.05) is 19.1 Å². The number of benzene rings is 1. The highest BCUT2D eigenvalue weighted by molar-refractivity contribution is 5.94. The number of piperidine rings is 1. The summed E-state index contributed by atoms with van der Waals surface area (Å²) in [6.45, 7) is 5.03. The minimum absolute atomic E-state index is 0.193. The van der Waals surface area contributed by atoms with Gasteiger partial charge in [-0.05, 0) is 49.4 Å². The fraction of sp³-hybridized carbons (Fsp3) is 0.562. The second-order valence-corrected chi connectivity index (χ2v) is 5.72. The average molecular weight is 258 g/mol. The molecule has 0 saturated carbocycles. The second-order valence-electron chi connectivity index (χ2n) is 5.72. The van der Waals surface area contributed by atoms with Crippen LogP contribution in [0.1, 0.15) is 35.7 Å². The van der Waals surface area contributed by atoms with Gasteiger partial charge < -0.3 is 10.2 Å². The molecule has 2 atom stereocenters. The third kappa shape index (κ3) is 2.52. The van der Waals surface area contributed by atoms with Crippen molar-refractivity contribution in [1.82, 2.24) is 10.2 Å². The lowest BCUT2D eigenvalue weighted by Crippen LogP contribution is -2.41. The van der Waals surface area contributed by atoms with Gasteiger partial charge in [0.05, 0.1) is 0 Å². The molecular formula is C16H22N2O. The first-order valence-corrected chi connectivity index (χ1v) is 7.39. The molecule has 2 heterocycles. The van der Waals surface area contributed by atoms with E-state index in [1.807, 2.05) is 17.0 Å². The zero-order valence-electron chi connectivity index (χ0n) is 11.6. The number of nitrogens with zero attached hydrogens (tertiary/aromatic N) is 1. The van der Waals surface area contributed by atoms with Gasteiger partial charge in [0.15, 0.2) is 0 Å². The number of amides is 1. The Morgan fingerprint density at radius 1 is 1.32 bits per heavy atom. The zero-order chi connectivity index (χ0) is 13.2. The maximum absolute atomic E-state index is 12.5. The summed E-state index contributed by atoms with van der Waals surface area (Å²) in [4.78, 5) is 14.5. The first-order chi connectivity index (χ1) is 9.28. The van der Waals surface area contributed by atoms with E-state index in [1.165, 1.54) is 18.4 Å². The molecule has 2 aliphatic heterocycles. The highest BCUT2D eigenvalue weighted by Crippen LogP contribution is 2.26. The first-order valence-electron chi connectivity index (χ1n) is 7.39. The van der Waals surface area contributed by atoms with Crippen molar-refractivity contribution in [1.29, 1.82) is 0 Å². The lowest BCUT2D eigenvalue weighted by atomic mass is 9.94. The monoisotopic (exact) mass is 258 g/mol. The van der Waals surface area contributed by atoms with Gasteiger partial charge in [0.1, 0.15) is 0 Å². The number of hydrogen-bond acceptors (Lipinski definition) is 2. The summed E-state index contributed by atoms with van der Waals surface area (Å²) in [6, 6.07) is 8.59. The van der Waals surface area contributed by atoms with E-state index in [-0.39, 0.29) is 5.91 Å². The number of nitrogens with one attached hydrogen (secondary N) is 1. The molecule has 1 amide bonds. The lowest BCUT2D eigenvalue weighted by molar-refractivity contribution is 0.0785. The van der Waals surface area contributed by atoms with Gasteiger partial charge >= 0.3 is 0 Å². The Morgan fingerprint density at radius 2 is 2.11 bits per heavy atom. The van der Waals surface area contributed by atoms with E-state index >= 15 is 0 Å². The molecule has 0 aliphatic carbocycles. The van der Waals surface area contributed by atoms with E-state index in [9.17, 15) is 4.79 Å². The molecule has 1 aromatic rings. The van der Waals surface area contributed by atoms with Crippen molar-refractivity contribution in [3.8, 4) is 0 Å². The number of fused-ring (bicyclic) bond motifs is 1. The van der Waals surface area contributed by atoms with E-state index in [0.29, 0.717) is 12.0 Å². The molecule has 1 N–H and O–H groups in total. The normalized spacial score (nSPS) is 26.3. The van der Waals surface area contributed by atoms with Gasteiger partial charge in [-0.2, -0.15) is 0 Å². The fourth-order valence-corrected chi connectivity index (χ4v) is 3.28. The minimum atomic E-state index is 0.193. The van der Waals surface area contributed by atoms with Crippen LogP contribution in [0, 0.1) is 5.92 Å². The molecule has 0 bridgehead atoms. The topological polar surface area (TPSA) is 32.3 Å². The number of rotatable bonds is 2. The standard InChI is InChI=1S/C16H22N2O/c1-2-12-5-7-13(8-6-12)16(19)18-10-14-4-3-9-17-15(14)11-18/h5-8,14-15,17H,2-4,9-11H2,1H3. The smallest absolute Gasteiger partial charge is 0.253 e. The molecule has 2 unspecified atom stereocenters. The van der Waals surface area contributed by atoms with E-state index in [4.69, 9.17) is 0 Å². The van der Waals surface area contributed by atoms with Crippen molar-refractivity contribution in [2.24, 2.45) is 5.92 Å². The van der Waals surface area contributed by atoms with Crippen molar-refractivity contribution in [2.45, 2.75) is 32.2 Å². The van der Waals surface area contributed by atoms with E-state index < -0.39 is 0 Å². The van der Waals surface area contributed by atoms with Crippen LogP contribution in [-0.4, -0.2) is 36.5 Å². The molecule has 3 nitrogen and oxygen atoms in total. The summed E-state index contributed by atoms with van der Waals surface area (Å²) in [5.41, 5.74) is 2.11. The summed E-state index contributed by atoms with van der Waals surface area (Å²) in [5, 5.41) is 3.54. The van der Waals surface area contributed by atoms with Gasteiger partial charge in [-0.25, -0.2) is 0 Å². The summed E-state index contributed by atoms with van der Waals surface area (Å²) >= 11 is 0. The van der Waals surface area contributed by atoms with E-state index in [1.54, 1.807) is 0 Å². The molecule has 102 valence electrons. The van der Waals surface area contributed by atoms with Gasteiger partial charge in [0.2, 0.25) is 0 Å². The van der Waals surface area contributed by atoms with Crippen LogP contribution in [-0.2, 0) is 6.42 Å². The van der Waals surface area contributed by atoms with Crippen molar-refractivity contribution in [3.63, 3.8) is 0 Å². The van der Waals surface area contributed by atoms with Crippen LogP contribution in [0.25, 0.3) is 0 Å². The first kappa shape index (κ1) is 12.7. The molecule has 0 aromatic heterocycles. The Balaban J connectivity index is 1.70. The molecular weight excluding hydrogens is 236 g/mol. The van der Waals surface area contributed by atoms with Gasteiger partial charge in [-0.3, -0.25) is 4.79 Å². The summed E-state index contributed by atoms with van der Waals surface area (Å²) in [5.74, 6) is 0.853. The van der Waals surface area contributed by atoms with E-state index in [2.05, 4.69) is 24.4 Å². The lowest BCUT2D eigenvalue weighted by Gasteiger charge is -2.24. The summed E-state index contributed by atoms with van der Waals surface area (Å²) in [6.07, 6.45) is 3.52. The Labute approximate surface area is 115 Å². The van der Waals surface area contributed by atoms with Gasteiger partial charge in [0.25, 0.3) is 5.91 Å². The molecule has 3 rings (SSSR count). The Morgan fingerprint density at radius 3 is 2.79 bits per heavy atom. The molecule has 0 spiro atoms. The number of aryl methyl sites for hydroxylation is 1. The van der Waals surface area contributed by atoms with Gasteiger partial charge in [0, 0.05) is 24.7 Å². The fourth-order valence-electron chi connectivity index (χ4n) is 3.28. The number of carbonyl (C=O) groups is 1. The molecule has 19 heavy (non-hydrogen) atoms. The van der Waals surface area contributed by atoms with Crippen LogP contribution in [0.4, 0.5) is 0 Å². The quantitative estimate of drug-likeness (QED) is 0.881. The second kappa shape index (κ2) is 5.33. The zero-order valence-corrected chi connectivity index (χ0v) is 11.6. The molecule has 2 fully saturated rings. The van der Waals surface area contributed by atoms with Crippen LogP contribution in [0.15, 0.2) is 24.3 Å². The van der Waals surface area contributed by atoms with Crippen molar-refractivity contribution in [3.05, 3.63) is 35.4 Å². The summed E-state index contributed by atoms with van der Waals surface area (Å²) in [7, 11) is 0. The van der Waals surface area contributed by atoms with Crippen LogP contribution >= 0.6 is 0 Å². The third-order valence-electron chi connectivity index (χ3n) is 4.50. The van der Waals surface area contributed by atoms with Crippen LogP contribution < -0.4 is 5.32 Å². The van der Waals surface area contributed by atoms with Crippen LogP contribution in [0.5, 0.6) is 0 Å². The average Bonchev–Trinajstić information content (AvgIpc) is 2.90. The Hall–Kier alpha value is -1.35. The number of likely N-dealkylation sites (tertiary alicyclic amines) is 1. The maximum atomic E-state index is 12.5. The highest BCUT2D eigenvalue weighted by Gasteiger charge is 2.36. The number of hydrogen-bond donors (Lipinski definition) is 1. The summed E-state index contributed by atoms with van der Waals surface area (Å²) < 4.78 is 0. The van der Waals surface area contributed by atoms with Gasteiger partial charge in [-0.15, -0.1) is 0 Å². The van der Waals surface area contributed by atoms with Crippen LogP contribution in [0.3, 0.4) is 0 Å². The predicted octanol–water partition coefficient (Wildman–Crippen LogP) is 2.07. The predicted molar refractivity (Wildman–Crippen MR) is 76.2 cm³/mol. The molecule has 2 aliphatic rings.